The SMILES string of the molecule is Oc1c(Cl)cc(C(c2cc(Cl)c(O)c(Cl)c2)(C(F)(F)F)C(F)(F)F)cc1Cl.Oc1ccc(C(c2ccc(O)cc2)(C(F)(F)F)C(F)(F)F)cc1. The van der Waals surface area contributed by atoms with E-state index in [0.29, 0.717) is 48.5 Å². The Morgan fingerprint density at radius 1 is 0.340 bits per heavy atom. The first-order valence-corrected chi connectivity index (χ1v) is 14.4. The van der Waals surface area contributed by atoms with Gasteiger partial charge in [-0.15, -0.1) is 0 Å². The molecule has 0 atom stereocenters. The Bertz CT molecular complexity index is 1660. The molecule has 0 aliphatic heterocycles. The second kappa shape index (κ2) is 13.8. The normalized spacial score (nSPS) is 13.1. The maximum atomic E-state index is 14.0. The van der Waals surface area contributed by atoms with Crippen LogP contribution in [0.1, 0.15) is 22.3 Å². The fraction of sp³-hybridized carbons (Fsp3) is 0.200. The molecule has 20 heteroatoms. The van der Waals surface area contributed by atoms with Crippen molar-refractivity contribution in [2.45, 2.75) is 35.5 Å². The Kier molecular flexibility index (Phi) is 11.3. The summed E-state index contributed by atoms with van der Waals surface area (Å²) < 4.78 is 165. The fourth-order valence-electron chi connectivity index (χ4n) is 4.95. The van der Waals surface area contributed by atoms with Gasteiger partial charge in [0, 0.05) is 0 Å². The first kappa shape index (κ1) is 40.8. The van der Waals surface area contributed by atoms with Gasteiger partial charge >= 0.3 is 24.7 Å². The molecular weight excluding hydrogens is 794 g/mol. The van der Waals surface area contributed by atoms with E-state index in [-0.39, 0.29) is 0 Å². The van der Waals surface area contributed by atoms with E-state index in [9.17, 15) is 62.9 Å². The molecule has 0 unspecified atom stereocenters. The molecule has 0 aromatic heterocycles. The topological polar surface area (TPSA) is 80.9 Å². The molecule has 4 aromatic rings. The molecule has 4 N–H and O–H groups in total. The summed E-state index contributed by atoms with van der Waals surface area (Å²) in [5.74, 6) is -2.69. The number of aromatic hydroxyl groups is 4. The first-order valence-electron chi connectivity index (χ1n) is 12.9. The summed E-state index contributed by atoms with van der Waals surface area (Å²) >= 11 is 22.2. The molecule has 0 aliphatic rings. The zero-order valence-corrected chi connectivity index (χ0v) is 26.8. The lowest BCUT2D eigenvalue weighted by molar-refractivity contribution is -0.290. The molecule has 272 valence electrons. The number of phenols is 4. The van der Waals surface area contributed by atoms with E-state index in [2.05, 4.69) is 0 Å². The largest absolute Gasteiger partial charge is 0.508 e. The molecule has 0 saturated carbocycles. The highest BCUT2D eigenvalue weighted by molar-refractivity contribution is 6.37. The van der Waals surface area contributed by atoms with Gasteiger partial charge in [-0.1, -0.05) is 70.7 Å². The summed E-state index contributed by atoms with van der Waals surface area (Å²) in [5.41, 5.74) is -13.9. The Morgan fingerprint density at radius 3 is 0.740 bits per heavy atom. The zero-order chi connectivity index (χ0) is 38.4. The van der Waals surface area contributed by atoms with Crippen molar-refractivity contribution in [2.24, 2.45) is 0 Å². The Labute approximate surface area is 292 Å². The van der Waals surface area contributed by atoms with Crippen molar-refractivity contribution in [2.75, 3.05) is 0 Å². The minimum absolute atomic E-state index is 0.290. The van der Waals surface area contributed by atoms with Gasteiger partial charge in [0.2, 0.25) is 10.8 Å². The maximum absolute atomic E-state index is 14.0. The summed E-state index contributed by atoms with van der Waals surface area (Å²) in [6.45, 7) is 0. The van der Waals surface area contributed by atoms with E-state index >= 15 is 0 Å². The van der Waals surface area contributed by atoms with Crippen molar-refractivity contribution < 1.29 is 73.1 Å². The smallest absolute Gasteiger partial charge is 0.411 e. The van der Waals surface area contributed by atoms with Crippen LogP contribution in [0.25, 0.3) is 0 Å². The highest BCUT2D eigenvalue weighted by Gasteiger charge is 2.73. The second-order valence-corrected chi connectivity index (χ2v) is 11.8. The van der Waals surface area contributed by atoms with Crippen LogP contribution in [-0.4, -0.2) is 45.1 Å². The predicted octanol–water partition coefficient (Wildman–Crippen LogP) is 11.6. The molecule has 0 heterocycles. The molecule has 0 amide bonds. The standard InChI is InChI=1S/C15H6Cl4F6O2.C15H10F6O2/c16-7-1-5(2-8(17)11(7)26)13(14(20,21)22,15(23,24)25)6-3-9(18)12(27)10(19)4-6;16-14(17,18)13(15(19,20)21,9-1-5-11(22)6-2-9)10-3-7-12(23)8-4-10/h1-4,26-27H;1-8,22-23H. The number of benzene rings is 4. The van der Waals surface area contributed by atoms with Gasteiger partial charge in [0.05, 0.1) is 20.1 Å². The molecule has 0 fully saturated rings. The van der Waals surface area contributed by atoms with E-state index < -0.39 is 101 Å². The fourth-order valence-corrected chi connectivity index (χ4v) is 5.93. The van der Waals surface area contributed by atoms with E-state index in [1.807, 2.05) is 0 Å². The summed E-state index contributed by atoms with van der Waals surface area (Å²) in [6.07, 6.45) is -23.3. The number of hydrogen-bond donors (Lipinski definition) is 4. The maximum Gasteiger partial charge on any atom is 0.411 e. The molecule has 0 spiro atoms. The van der Waals surface area contributed by atoms with Crippen LogP contribution in [0.15, 0.2) is 72.8 Å². The monoisotopic (exact) mass is 808 g/mol. The molecule has 0 saturated heterocycles. The molecule has 0 aliphatic carbocycles. The van der Waals surface area contributed by atoms with Crippen LogP contribution >= 0.6 is 46.4 Å². The third-order valence-corrected chi connectivity index (χ3v) is 8.35. The van der Waals surface area contributed by atoms with E-state index in [1.54, 1.807) is 0 Å². The average Bonchev–Trinajstić information content (AvgIpc) is 2.94. The van der Waals surface area contributed by atoms with Gasteiger partial charge in [-0.2, -0.15) is 52.7 Å². The summed E-state index contributed by atoms with van der Waals surface area (Å²) in [5, 5.41) is 34.0. The summed E-state index contributed by atoms with van der Waals surface area (Å²) in [6, 6.07) is 6.46. The highest BCUT2D eigenvalue weighted by atomic mass is 35.5. The number of phenolic OH excluding ortho intramolecular Hbond substituents is 4. The Balaban J connectivity index is 0.000000274. The van der Waals surface area contributed by atoms with Gasteiger partial charge < -0.3 is 20.4 Å². The number of hydrogen-bond acceptors (Lipinski definition) is 4. The van der Waals surface area contributed by atoms with Gasteiger partial charge in [-0.3, -0.25) is 0 Å². The lowest BCUT2D eigenvalue weighted by atomic mass is 9.73. The zero-order valence-electron chi connectivity index (χ0n) is 23.8. The van der Waals surface area contributed by atoms with Crippen molar-refractivity contribution >= 4 is 46.4 Å². The molecule has 0 radical (unpaired) electrons. The molecule has 50 heavy (non-hydrogen) atoms. The highest BCUT2D eigenvalue weighted by Crippen LogP contribution is 2.59. The van der Waals surface area contributed by atoms with Crippen molar-refractivity contribution in [1.82, 2.24) is 0 Å². The third-order valence-electron chi connectivity index (χ3n) is 7.20. The third kappa shape index (κ3) is 7.12. The Hall–Kier alpha value is -3.60. The minimum atomic E-state index is -5.96. The Morgan fingerprint density at radius 2 is 0.540 bits per heavy atom. The summed E-state index contributed by atoms with van der Waals surface area (Å²) in [7, 11) is 0. The number of alkyl halides is 12. The van der Waals surface area contributed by atoms with Crippen molar-refractivity contribution in [3.05, 3.63) is 115 Å². The number of rotatable bonds is 4. The van der Waals surface area contributed by atoms with Gasteiger partial charge in [-0.25, -0.2) is 0 Å². The van der Waals surface area contributed by atoms with Crippen LogP contribution in [0.3, 0.4) is 0 Å². The van der Waals surface area contributed by atoms with Crippen molar-refractivity contribution in [3.63, 3.8) is 0 Å². The van der Waals surface area contributed by atoms with Crippen LogP contribution < -0.4 is 0 Å². The predicted molar refractivity (Wildman–Crippen MR) is 158 cm³/mol. The van der Waals surface area contributed by atoms with Gasteiger partial charge in [-0.05, 0) is 70.8 Å². The van der Waals surface area contributed by atoms with Crippen LogP contribution in [-0.2, 0) is 10.8 Å². The minimum Gasteiger partial charge on any atom is -0.508 e. The molecule has 4 nitrogen and oxygen atoms in total. The first-order chi connectivity index (χ1) is 22.6. The van der Waals surface area contributed by atoms with Crippen LogP contribution in [0.4, 0.5) is 52.7 Å². The lowest BCUT2D eigenvalue weighted by Gasteiger charge is -2.38. The van der Waals surface area contributed by atoms with Gasteiger partial charge in [0.25, 0.3) is 0 Å². The van der Waals surface area contributed by atoms with Crippen molar-refractivity contribution in [1.29, 1.82) is 0 Å². The van der Waals surface area contributed by atoms with E-state index in [0.717, 1.165) is 24.3 Å². The van der Waals surface area contributed by atoms with E-state index in [1.165, 1.54) is 0 Å². The molecular formula is C30H16Cl4F12O4. The quantitative estimate of drug-likeness (QED) is 0.155. The lowest BCUT2D eigenvalue weighted by Crippen LogP contribution is -2.54. The number of halogens is 16. The molecule has 4 rings (SSSR count). The second-order valence-electron chi connectivity index (χ2n) is 10.2. The van der Waals surface area contributed by atoms with Gasteiger partial charge in [0.15, 0.2) is 11.5 Å². The van der Waals surface area contributed by atoms with Gasteiger partial charge in [0.1, 0.15) is 11.5 Å². The average molecular weight is 810 g/mol. The van der Waals surface area contributed by atoms with Crippen LogP contribution in [0.2, 0.25) is 20.1 Å². The molecule has 4 aromatic carbocycles. The van der Waals surface area contributed by atoms with Crippen LogP contribution in [0.5, 0.6) is 23.0 Å². The van der Waals surface area contributed by atoms with Crippen LogP contribution in [0, 0.1) is 0 Å². The molecule has 0 bridgehead atoms. The summed E-state index contributed by atoms with van der Waals surface area (Å²) in [4.78, 5) is 0. The van der Waals surface area contributed by atoms with Crippen molar-refractivity contribution in [3.8, 4) is 23.0 Å². The van der Waals surface area contributed by atoms with E-state index in [4.69, 9.17) is 56.6 Å².